The van der Waals surface area contributed by atoms with Crippen LogP contribution in [-0.2, 0) is 11.3 Å². The molecule has 2 aromatic carbocycles. The first-order valence-corrected chi connectivity index (χ1v) is 12.6. The van der Waals surface area contributed by atoms with Crippen LogP contribution >= 0.6 is 24.8 Å². The van der Waals surface area contributed by atoms with E-state index in [0.717, 1.165) is 31.3 Å². The van der Waals surface area contributed by atoms with Crippen molar-refractivity contribution in [3.63, 3.8) is 0 Å². The Morgan fingerprint density at radius 1 is 0.971 bits per heavy atom. The second-order valence-corrected chi connectivity index (χ2v) is 9.63. The minimum atomic E-state index is -0.280. The lowest BCUT2D eigenvalue weighted by molar-refractivity contribution is 0.0600. The molecule has 0 bridgehead atoms. The van der Waals surface area contributed by atoms with Gasteiger partial charge in [0.2, 0.25) is 0 Å². The third-order valence-corrected chi connectivity index (χ3v) is 7.31. The molecule has 0 spiro atoms. The summed E-state index contributed by atoms with van der Waals surface area (Å²) in [5.74, 6) is 1.24. The summed E-state index contributed by atoms with van der Waals surface area (Å²) in [6, 6.07) is 19.7. The van der Waals surface area contributed by atoms with E-state index < -0.39 is 0 Å². The summed E-state index contributed by atoms with van der Waals surface area (Å²) in [7, 11) is 1.41. The number of hydrogen-bond acceptors (Lipinski definition) is 4. The summed E-state index contributed by atoms with van der Waals surface area (Å²) in [5, 5.41) is 7.58. The molecule has 192 valence electrons. The van der Waals surface area contributed by atoms with Crippen LogP contribution in [0.2, 0.25) is 0 Å². The zero-order chi connectivity index (χ0) is 23.0. The van der Waals surface area contributed by atoms with Gasteiger partial charge < -0.3 is 15.4 Å². The first kappa shape index (κ1) is 29.4. The lowest BCUT2D eigenvalue weighted by Gasteiger charge is -2.29. The van der Waals surface area contributed by atoms with Gasteiger partial charge in [0.25, 0.3) is 0 Å². The minimum Gasteiger partial charge on any atom is -0.465 e. The molecule has 0 aliphatic heterocycles. The number of methoxy groups -OCH3 is 1. The Labute approximate surface area is 223 Å². The zero-order valence-electron chi connectivity index (χ0n) is 20.9. The molecule has 2 aromatic rings. The Morgan fingerprint density at radius 3 is 2.29 bits per heavy atom. The summed E-state index contributed by atoms with van der Waals surface area (Å²) in [5.41, 5.74) is 4.73. The van der Waals surface area contributed by atoms with Crippen LogP contribution in [0, 0.1) is 11.8 Å². The molecular weight excluding hydrogens is 479 g/mol. The van der Waals surface area contributed by atoms with E-state index in [1.807, 2.05) is 24.3 Å². The van der Waals surface area contributed by atoms with Crippen LogP contribution < -0.4 is 10.6 Å². The van der Waals surface area contributed by atoms with Crippen LogP contribution in [0.15, 0.2) is 60.2 Å². The van der Waals surface area contributed by atoms with Gasteiger partial charge in [-0.1, -0.05) is 61.0 Å². The average molecular weight is 520 g/mol. The third kappa shape index (κ3) is 8.64. The van der Waals surface area contributed by atoms with Crippen LogP contribution in [0.4, 0.5) is 0 Å². The highest BCUT2D eigenvalue weighted by atomic mass is 35.5. The standard InChI is InChI=1S/C29H38N2O2.2ClH/c1-3-24(17-21-7-5-4-6-8-21)27-18-28(27)31-20-23-11-15-26(16-12-23)30-19-22-9-13-25(14-10-22)29(32)33-2;;/h4-10,13-14,17,23,26-28,30-31H,3,11-12,15-16,18-20H2,1-2H3;2*1H/t23?,26?,27?,28-;;/m0../s1. The van der Waals surface area contributed by atoms with Gasteiger partial charge in [-0.25, -0.2) is 4.79 Å². The summed E-state index contributed by atoms with van der Waals surface area (Å²) in [6.07, 6.45) is 9.90. The van der Waals surface area contributed by atoms with Gasteiger partial charge >= 0.3 is 5.97 Å². The van der Waals surface area contributed by atoms with Gasteiger partial charge in [0.05, 0.1) is 12.7 Å². The Bertz CT molecular complexity index is 925. The van der Waals surface area contributed by atoms with Gasteiger partial charge in [0.15, 0.2) is 0 Å². The first-order chi connectivity index (χ1) is 16.2. The van der Waals surface area contributed by atoms with Crippen LogP contribution in [0.3, 0.4) is 0 Å². The molecule has 4 nitrogen and oxygen atoms in total. The number of benzene rings is 2. The average Bonchev–Trinajstić information content (AvgIpc) is 3.65. The second-order valence-electron chi connectivity index (χ2n) is 9.63. The van der Waals surface area contributed by atoms with Crippen LogP contribution in [0.1, 0.15) is 66.9 Å². The molecule has 2 aliphatic carbocycles. The number of halogens is 2. The number of ether oxygens (including phenoxy) is 1. The molecule has 6 heteroatoms. The molecule has 0 radical (unpaired) electrons. The minimum absolute atomic E-state index is 0. The van der Waals surface area contributed by atoms with Crippen molar-refractivity contribution in [1.29, 1.82) is 0 Å². The van der Waals surface area contributed by atoms with E-state index in [1.165, 1.54) is 50.3 Å². The molecule has 0 heterocycles. The van der Waals surface area contributed by atoms with E-state index in [4.69, 9.17) is 4.74 Å². The number of hydrogen-bond donors (Lipinski definition) is 2. The van der Waals surface area contributed by atoms with E-state index >= 15 is 0 Å². The molecule has 0 saturated heterocycles. The van der Waals surface area contributed by atoms with Crippen LogP contribution in [0.25, 0.3) is 6.08 Å². The van der Waals surface area contributed by atoms with Gasteiger partial charge in [0, 0.05) is 18.6 Å². The van der Waals surface area contributed by atoms with Gasteiger partial charge in [-0.3, -0.25) is 0 Å². The highest BCUT2D eigenvalue weighted by Gasteiger charge is 2.39. The Morgan fingerprint density at radius 2 is 1.66 bits per heavy atom. The summed E-state index contributed by atoms with van der Waals surface area (Å²) in [6.45, 7) is 4.30. The van der Waals surface area contributed by atoms with E-state index in [2.05, 4.69) is 54.0 Å². The van der Waals surface area contributed by atoms with Crippen LogP contribution in [-0.4, -0.2) is 31.7 Å². The second kappa shape index (κ2) is 14.6. The van der Waals surface area contributed by atoms with Gasteiger partial charge in [-0.15, -0.1) is 24.8 Å². The summed E-state index contributed by atoms with van der Waals surface area (Å²) in [4.78, 5) is 11.6. The van der Waals surface area contributed by atoms with E-state index in [1.54, 1.807) is 5.57 Å². The van der Waals surface area contributed by atoms with E-state index in [0.29, 0.717) is 17.6 Å². The van der Waals surface area contributed by atoms with Crippen molar-refractivity contribution in [3.8, 4) is 0 Å². The smallest absolute Gasteiger partial charge is 0.337 e. The zero-order valence-corrected chi connectivity index (χ0v) is 22.5. The van der Waals surface area contributed by atoms with Crippen molar-refractivity contribution >= 4 is 36.9 Å². The number of rotatable bonds is 10. The molecule has 4 rings (SSSR count). The predicted molar refractivity (Wildman–Crippen MR) is 149 cm³/mol. The maximum absolute atomic E-state index is 11.6. The molecule has 0 aromatic heterocycles. The highest BCUT2D eigenvalue weighted by molar-refractivity contribution is 5.89. The van der Waals surface area contributed by atoms with E-state index in [-0.39, 0.29) is 30.8 Å². The fourth-order valence-corrected chi connectivity index (χ4v) is 5.09. The summed E-state index contributed by atoms with van der Waals surface area (Å²) < 4.78 is 4.76. The first-order valence-electron chi connectivity index (χ1n) is 12.6. The van der Waals surface area contributed by atoms with E-state index in [9.17, 15) is 4.79 Å². The lowest BCUT2D eigenvalue weighted by atomic mass is 9.86. The fraction of sp³-hybridized carbons (Fsp3) is 0.483. The largest absolute Gasteiger partial charge is 0.465 e. The third-order valence-electron chi connectivity index (χ3n) is 7.31. The van der Waals surface area contributed by atoms with Crippen molar-refractivity contribution in [2.75, 3.05) is 13.7 Å². The molecule has 0 amide bonds. The number of nitrogens with one attached hydrogen (secondary N) is 2. The number of carbonyl (C=O) groups is 1. The van der Waals surface area contributed by atoms with Crippen LogP contribution in [0.5, 0.6) is 0 Å². The summed E-state index contributed by atoms with van der Waals surface area (Å²) >= 11 is 0. The molecule has 35 heavy (non-hydrogen) atoms. The van der Waals surface area contributed by atoms with Crippen molar-refractivity contribution in [3.05, 3.63) is 76.9 Å². The Balaban J connectivity index is 0.00000216. The molecule has 2 N–H and O–H groups in total. The number of carbonyl (C=O) groups excluding carboxylic acids is 1. The normalized spacial score (nSPS) is 23.5. The molecule has 2 atom stereocenters. The quantitative estimate of drug-likeness (QED) is 0.355. The van der Waals surface area contributed by atoms with Crippen molar-refractivity contribution in [2.24, 2.45) is 11.8 Å². The monoisotopic (exact) mass is 518 g/mol. The van der Waals surface area contributed by atoms with Crippen molar-refractivity contribution in [2.45, 2.75) is 64.1 Å². The number of esters is 1. The molecule has 2 saturated carbocycles. The predicted octanol–water partition coefficient (Wildman–Crippen LogP) is 6.44. The van der Waals surface area contributed by atoms with Gasteiger partial charge in [0.1, 0.15) is 0 Å². The van der Waals surface area contributed by atoms with Gasteiger partial charge in [-0.05, 0) is 80.2 Å². The molecule has 2 fully saturated rings. The lowest BCUT2D eigenvalue weighted by Crippen LogP contribution is -2.36. The van der Waals surface area contributed by atoms with Crippen molar-refractivity contribution in [1.82, 2.24) is 10.6 Å². The fourth-order valence-electron chi connectivity index (χ4n) is 5.09. The van der Waals surface area contributed by atoms with Crippen molar-refractivity contribution < 1.29 is 9.53 Å². The molecule has 2 aliphatic rings. The molecular formula is C29H40Cl2N2O2. The molecule has 1 unspecified atom stereocenters. The SMILES string of the molecule is CCC(=Cc1ccccc1)C1C[C@@H]1NCC1CCC(NCc2ccc(C(=O)OC)cc2)CC1.Cl.Cl. The maximum Gasteiger partial charge on any atom is 0.337 e. The topological polar surface area (TPSA) is 50.4 Å². The Hall–Kier alpha value is -1.85. The highest BCUT2D eigenvalue weighted by Crippen LogP contribution is 2.40. The van der Waals surface area contributed by atoms with Gasteiger partial charge in [-0.2, -0.15) is 0 Å². The Kier molecular flexibility index (Phi) is 12.3. The maximum atomic E-state index is 11.6.